The van der Waals surface area contributed by atoms with Crippen molar-refractivity contribution in [1.82, 2.24) is 14.1 Å². The van der Waals surface area contributed by atoms with E-state index >= 15 is 0 Å². The van der Waals surface area contributed by atoms with Crippen molar-refractivity contribution < 1.29 is 0 Å². The molecular weight excluding hydrogens is 270 g/mol. The van der Waals surface area contributed by atoms with Gasteiger partial charge in [0.05, 0.1) is 22.9 Å². The van der Waals surface area contributed by atoms with Crippen LogP contribution in [0, 0.1) is 13.8 Å². The zero-order valence-corrected chi connectivity index (χ0v) is 13.2. The number of rotatable bonds is 2. The molecule has 2 aromatic carbocycles. The number of fused-ring (bicyclic) bond motifs is 3. The third-order valence-electron chi connectivity index (χ3n) is 4.75. The molecule has 0 radical (unpaired) electrons. The Kier molecular flexibility index (Phi) is 2.83. The zero-order chi connectivity index (χ0) is 15.3. The molecular formula is C19H19N3. The molecule has 0 saturated heterocycles. The first kappa shape index (κ1) is 13.1. The summed E-state index contributed by atoms with van der Waals surface area (Å²) >= 11 is 0. The van der Waals surface area contributed by atoms with Crippen LogP contribution in [-0.2, 0) is 13.6 Å². The van der Waals surface area contributed by atoms with Crippen molar-refractivity contribution in [2.24, 2.45) is 7.05 Å². The van der Waals surface area contributed by atoms with Gasteiger partial charge in [0.25, 0.3) is 0 Å². The lowest BCUT2D eigenvalue weighted by atomic mass is 10.1. The molecule has 0 N–H and O–H groups in total. The number of benzene rings is 2. The Hall–Kier alpha value is -2.55. The smallest absolute Gasteiger partial charge is 0.0981 e. The Bertz CT molecular complexity index is 974. The summed E-state index contributed by atoms with van der Waals surface area (Å²) in [5.41, 5.74) is 7.49. The predicted molar refractivity (Wildman–Crippen MR) is 91.2 cm³/mol. The van der Waals surface area contributed by atoms with Crippen molar-refractivity contribution >= 4 is 21.9 Å². The lowest BCUT2D eigenvalue weighted by molar-refractivity contribution is 0.824. The lowest BCUT2D eigenvalue weighted by Gasteiger charge is -2.05. The van der Waals surface area contributed by atoms with Gasteiger partial charge in [-0.1, -0.05) is 30.3 Å². The summed E-state index contributed by atoms with van der Waals surface area (Å²) < 4.78 is 4.48. The van der Waals surface area contributed by atoms with E-state index in [4.69, 9.17) is 4.98 Å². The summed E-state index contributed by atoms with van der Waals surface area (Å²) in [6.45, 7) is 5.21. The Morgan fingerprint density at radius 1 is 0.955 bits per heavy atom. The van der Waals surface area contributed by atoms with Crippen molar-refractivity contribution in [3.05, 3.63) is 65.6 Å². The first-order chi connectivity index (χ1) is 10.7. The van der Waals surface area contributed by atoms with Gasteiger partial charge in [-0.2, -0.15) is 0 Å². The van der Waals surface area contributed by atoms with Gasteiger partial charge in [0, 0.05) is 24.7 Å². The van der Waals surface area contributed by atoms with E-state index in [1.54, 1.807) is 0 Å². The van der Waals surface area contributed by atoms with E-state index in [9.17, 15) is 0 Å². The number of hydrogen-bond acceptors (Lipinski definition) is 1. The van der Waals surface area contributed by atoms with Gasteiger partial charge >= 0.3 is 0 Å². The second-order valence-electron chi connectivity index (χ2n) is 5.95. The second kappa shape index (κ2) is 4.73. The first-order valence-corrected chi connectivity index (χ1v) is 7.60. The van der Waals surface area contributed by atoms with Gasteiger partial charge in [-0.3, -0.25) is 0 Å². The average molecular weight is 289 g/mol. The molecule has 0 aliphatic rings. The highest BCUT2D eigenvalue weighted by Gasteiger charge is 2.14. The van der Waals surface area contributed by atoms with Crippen molar-refractivity contribution in [3.8, 4) is 0 Å². The number of nitrogens with zero attached hydrogens (tertiary/aromatic N) is 3. The Labute approximate surface area is 129 Å². The quantitative estimate of drug-likeness (QED) is 0.542. The minimum absolute atomic E-state index is 0.855. The van der Waals surface area contributed by atoms with Gasteiger partial charge in [0.2, 0.25) is 0 Å². The molecule has 0 atom stereocenters. The Morgan fingerprint density at radius 2 is 1.68 bits per heavy atom. The van der Waals surface area contributed by atoms with E-state index < -0.39 is 0 Å². The predicted octanol–water partition coefficient (Wildman–Crippen LogP) is 4.19. The van der Waals surface area contributed by atoms with Crippen LogP contribution >= 0.6 is 0 Å². The Balaban J connectivity index is 1.93. The van der Waals surface area contributed by atoms with E-state index in [1.807, 2.05) is 6.33 Å². The molecule has 4 rings (SSSR count). The topological polar surface area (TPSA) is 22.8 Å². The maximum Gasteiger partial charge on any atom is 0.0981 e. The maximum absolute atomic E-state index is 4.71. The van der Waals surface area contributed by atoms with E-state index in [0.717, 1.165) is 12.1 Å². The van der Waals surface area contributed by atoms with Crippen molar-refractivity contribution in [3.63, 3.8) is 0 Å². The highest BCUT2D eigenvalue weighted by atomic mass is 15.0. The molecule has 2 heterocycles. The number of imidazole rings is 1. The van der Waals surface area contributed by atoms with Gasteiger partial charge in [-0.15, -0.1) is 0 Å². The summed E-state index contributed by atoms with van der Waals surface area (Å²) in [7, 11) is 2.12. The lowest BCUT2D eigenvalue weighted by Crippen LogP contribution is -1.97. The molecule has 2 aromatic heterocycles. The summed E-state index contributed by atoms with van der Waals surface area (Å²) in [6, 6.07) is 14.9. The molecule has 0 amide bonds. The molecule has 0 fully saturated rings. The van der Waals surface area contributed by atoms with Gasteiger partial charge in [0.15, 0.2) is 0 Å². The highest BCUT2D eigenvalue weighted by Crippen LogP contribution is 2.30. The van der Waals surface area contributed by atoms with Crippen molar-refractivity contribution in [1.29, 1.82) is 0 Å². The van der Waals surface area contributed by atoms with Crippen LogP contribution in [0.25, 0.3) is 21.9 Å². The summed E-state index contributed by atoms with van der Waals surface area (Å²) in [5, 5.41) is 1.28. The zero-order valence-electron chi connectivity index (χ0n) is 13.2. The summed E-state index contributed by atoms with van der Waals surface area (Å²) in [5.74, 6) is 0. The maximum atomic E-state index is 4.71. The summed E-state index contributed by atoms with van der Waals surface area (Å²) in [6.07, 6.45) is 1.96. The van der Waals surface area contributed by atoms with Crippen LogP contribution in [0.4, 0.5) is 0 Å². The van der Waals surface area contributed by atoms with Crippen LogP contribution in [0.1, 0.15) is 16.8 Å². The molecule has 0 spiro atoms. The van der Waals surface area contributed by atoms with Crippen molar-refractivity contribution in [2.45, 2.75) is 20.4 Å². The molecule has 0 saturated carbocycles. The molecule has 0 aliphatic heterocycles. The van der Waals surface area contributed by atoms with Crippen LogP contribution in [-0.4, -0.2) is 14.1 Å². The fourth-order valence-corrected chi connectivity index (χ4v) is 3.29. The monoisotopic (exact) mass is 289 g/mol. The number of aromatic nitrogens is 3. The SMILES string of the molecule is Cc1c(C)n(C)c2ccc3c(ncn3Cc3ccccc3)c12. The second-order valence-corrected chi connectivity index (χ2v) is 5.95. The standard InChI is InChI=1S/C19H19N3/c1-13-14(2)21(3)16-9-10-17-19(18(13)16)20-12-22(17)11-15-7-5-4-6-8-15/h4-10,12H,11H2,1-3H3. The minimum atomic E-state index is 0.855. The molecule has 4 aromatic rings. The van der Waals surface area contributed by atoms with Crippen LogP contribution in [0.2, 0.25) is 0 Å². The first-order valence-electron chi connectivity index (χ1n) is 7.60. The van der Waals surface area contributed by atoms with Crippen LogP contribution < -0.4 is 0 Å². The van der Waals surface area contributed by atoms with Crippen LogP contribution in [0.3, 0.4) is 0 Å². The van der Waals surface area contributed by atoms with E-state index in [2.05, 4.69) is 72.5 Å². The number of hydrogen-bond donors (Lipinski definition) is 0. The van der Waals surface area contributed by atoms with Gasteiger partial charge < -0.3 is 9.13 Å². The fraction of sp³-hybridized carbons (Fsp3) is 0.211. The number of aryl methyl sites for hydroxylation is 2. The molecule has 22 heavy (non-hydrogen) atoms. The fourth-order valence-electron chi connectivity index (χ4n) is 3.29. The molecule has 0 aliphatic carbocycles. The van der Waals surface area contributed by atoms with Crippen molar-refractivity contribution in [2.75, 3.05) is 0 Å². The average Bonchev–Trinajstić information content (AvgIpc) is 3.04. The molecule has 3 heteroatoms. The normalized spacial score (nSPS) is 11.6. The largest absolute Gasteiger partial charge is 0.348 e. The van der Waals surface area contributed by atoms with Gasteiger partial charge in [0.1, 0.15) is 0 Å². The third-order valence-corrected chi connectivity index (χ3v) is 4.75. The molecule has 0 unspecified atom stereocenters. The Morgan fingerprint density at radius 3 is 2.45 bits per heavy atom. The minimum Gasteiger partial charge on any atom is -0.348 e. The van der Waals surface area contributed by atoms with E-state index in [0.29, 0.717) is 0 Å². The van der Waals surface area contributed by atoms with Crippen LogP contribution in [0.15, 0.2) is 48.8 Å². The van der Waals surface area contributed by atoms with Gasteiger partial charge in [-0.25, -0.2) is 4.98 Å². The highest BCUT2D eigenvalue weighted by molar-refractivity contribution is 6.05. The summed E-state index contributed by atoms with van der Waals surface area (Å²) in [4.78, 5) is 4.71. The van der Waals surface area contributed by atoms with Gasteiger partial charge in [-0.05, 0) is 37.1 Å². The molecule has 110 valence electrons. The third kappa shape index (κ3) is 1.78. The van der Waals surface area contributed by atoms with E-state index in [-0.39, 0.29) is 0 Å². The van der Waals surface area contributed by atoms with E-state index in [1.165, 1.54) is 33.2 Å². The molecule has 3 nitrogen and oxygen atoms in total. The molecule has 0 bridgehead atoms. The van der Waals surface area contributed by atoms with Crippen LogP contribution in [0.5, 0.6) is 0 Å².